The molecule has 0 aliphatic carbocycles. The van der Waals surface area contributed by atoms with Crippen molar-refractivity contribution in [3.8, 4) is 5.75 Å². The number of aromatic nitrogens is 4. The van der Waals surface area contributed by atoms with Crippen molar-refractivity contribution in [3.05, 3.63) is 83.6 Å². The van der Waals surface area contributed by atoms with Gasteiger partial charge in [0.1, 0.15) is 17.0 Å². The summed E-state index contributed by atoms with van der Waals surface area (Å²) in [7, 11) is 1.59. The van der Waals surface area contributed by atoms with Crippen LogP contribution >= 0.6 is 0 Å². The first-order valence-electron chi connectivity index (χ1n) is 15.5. The maximum Gasteiger partial charge on any atom is 0.269 e. The summed E-state index contributed by atoms with van der Waals surface area (Å²) in [5.74, 6) is 0.997. The molecule has 236 valence electrons. The molecule has 2 amide bonds. The maximum absolute atomic E-state index is 13.2. The second kappa shape index (κ2) is 12.1. The average molecular weight is 612 g/mol. The number of piperidine rings is 1. The number of pyridine rings is 2. The van der Waals surface area contributed by atoms with Gasteiger partial charge in [-0.25, -0.2) is 9.50 Å². The second-order valence-electron chi connectivity index (χ2n) is 12.9. The first-order chi connectivity index (χ1) is 21.6. The number of carbonyl (C=O) groups is 2. The Hall–Kier alpha value is -4.51. The molecule has 1 unspecified atom stereocenters. The normalized spacial score (nSPS) is 18.3. The molecule has 4 aromatic rings. The Bertz CT molecular complexity index is 1700. The van der Waals surface area contributed by atoms with Crippen molar-refractivity contribution in [1.29, 1.82) is 0 Å². The van der Waals surface area contributed by atoms with Crippen LogP contribution in [0.15, 0.2) is 60.9 Å². The van der Waals surface area contributed by atoms with Gasteiger partial charge in [-0.3, -0.25) is 14.6 Å². The van der Waals surface area contributed by atoms with Gasteiger partial charge in [0.25, 0.3) is 5.91 Å². The summed E-state index contributed by atoms with van der Waals surface area (Å²) in [5.41, 5.74) is 2.49. The zero-order valence-corrected chi connectivity index (χ0v) is 26.4. The molecule has 2 aliphatic heterocycles. The van der Waals surface area contributed by atoms with Gasteiger partial charge in [0.2, 0.25) is 5.91 Å². The lowest BCUT2D eigenvalue weighted by Crippen LogP contribution is -2.44. The van der Waals surface area contributed by atoms with Crippen LogP contribution in [0.3, 0.4) is 0 Å². The van der Waals surface area contributed by atoms with Crippen molar-refractivity contribution in [2.24, 2.45) is 5.41 Å². The number of benzene rings is 1. The lowest BCUT2D eigenvalue weighted by molar-refractivity contribution is -0.131. The highest BCUT2D eigenvalue weighted by atomic mass is 16.5. The number of hydrogen-bond acceptors (Lipinski definition) is 8. The van der Waals surface area contributed by atoms with E-state index in [0.29, 0.717) is 36.7 Å². The summed E-state index contributed by atoms with van der Waals surface area (Å²) < 4.78 is 7.77. The van der Waals surface area contributed by atoms with Crippen molar-refractivity contribution in [2.45, 2.75) is 51.6 Å². The van der Waals surface area contributed by atoms with E-state index >= 15 is 0 Å². The van der Waals surface area contributed by atoms with Crippen LogP contribution in [0.5, 0.6) is 5.75 Å². The molecule has 1 spiro atoms. The third kappa shape index (κ3) is 6.35. The summed E-state index contributed by atoms with van der Waals surface area (Å²) in [4.78, 5) is 38.1. The Balaban J connectivity index is 1.10. The summed E-state index contributed by atoms with van der Waals surface area (Å²) in [6.07, 6.45) is 5.58. The highest BCUT2D eigenvalue weighted by molar-refractivity contribution is 5.92. The van der Waals surface area contributed by atoms with Crippen LogP contribution in [0, 0.1) is 12.3 Å². The van der Waals surface area contributed by atoms with Gasteiger partial charge >= 0.3 is 0 Å². The van der Waals surface area contributed by atoms with E-state index in [9.17, 15) is 14.7 Å². The Morgan fingerprint density at radius 3 is 2.67 bits per heavy atom. The number of likely N-dealkylation sites (tertiary alicyclic amines) is 1. The second-order valence-corrected chi connectivity index (χ2v) is 12.9. The molecule has 45 heavy (non-hydrogen) atoms. The molecule has 2 fully saturated rings. The molecule has 1 aromatic carbocycles. The van der Waals surface area contributed by atoms with E-state index < -0.39 is 5.60 Å². The van der Waals surface area contributed by atoms with E-state index in [-0.39, 0.29) is 35.5 Å². The molecule has 6 rings (SSSR count). The molecule has 0 radical (unpaired) electrons. The predicted octanol–water partition coefficient (Wildman–Crippen LogP) is 3.70. The average Bonchev–Trinajstić information content (AvgIpc) is 3.61. The minimum atomic E-state index is -1.43. The van der Waals surface area contributed by atoms with Gasteiger partial charge in [-0.2, -0.15) is 0 Å². The number of fused-ring (bicyclic) bond motifs is 1. The number of anilines is 1. The highest BCUT2D eigenvalue weighted by Gasteiger charge is 2.47. The third-order valence-electron chi connectivity index (χ3n) is 9.24. The fraction of sp³-hybridized carbons (Fsp3) is 0.441. The number of aryl methyl sites for hydroxylation is 1. The SMILES string of the molecule is CNC(=O)c1cc(N2CCC3(CC2)CC(=O)N(CC(C)(O)c2nc4c(C)cc(OC[C@H](C)c5ccccc5)cn4n2)C3)ccn1. The number of aliphatic hydroxyl groups is 1. The van der Waals surface area contributed by atoms with Gasteiger partial charge in [0, 0.05) is 56.3 Å². The molecular formula is C34H41N7O4. The van der Waals surface area contributed by atoms with Crippen molar-refractivity contribution < 1.29 is 19.4 Å². The Kier molecular flexibility index (Phi) is 8.22. The zero-order valence-electron chi connectivity index (χ0n) is 26.4. The predicted molar refractivity (Wildman–Crippen MR) is 170 cm³/mol. The Morgan fingerprint density at radius 1 is 1.18 bits per heavy atom. The van der Waals surface area contributed by atoms with Gasteiger partial charge in [-0.05, 0) is 56.0 Å². The number of nitrogens with one attached hydrogen (secondary N) is 1. The lowest BCUT2D eigenvalue weighted by Gasteiger charge is -2.40. The first kappa shape index (κ1) is 30.5. The van der Waals surface area contributed by atoms with E-state index in [2.05, 4.69) is 44.3 Å². The van der Waals surface area contributed by atoms with Gasteiger partial charge in [0.05, 0.1) is 19.3 Å². The van der Waals surface area contributed by atoms with E-state index in [1.54, 1.807) is 35.8 Å². The van der Waals surface area contributed by atoms with Crippen LogP contribution in [0.2, 0.25) is 0 Å². The fourth-order valence-electron chi connectivity index (χ4n) is 6.53. The van der Waals surface area contributed by atoms with Gasteiger partial charge in [-0.15, -0.1) is 5.10 Å². The molecule has 0 saturated carbocycles. The van der Waals surface area contributed by atoms with Gasteiger partial charge in [-0.1, -0.05) is 37.3 Å². The number of hydrogen-bond donors (Lipinski definition) is 2. The number of β-amino-alcohol motifs (C(OH)–C–C–N with tert-alkyl or cyclic N) is 1. The molecule has 5 heterocycles. The lowest BCUT2D eigenvalue weighted by atomic mass is 9.77. The molecule has 11 heteroatoms. The minimum absolute atomic E-state index is 0.0395. The Labute approximate surface area is 263 Å². The van der Waals surface area contributed by atoms with Crippen molar-refractivity contribution in [3.63, 3.8) is 0 Å². The molecule has 0 bridgehead atoms. The number of carbonyl (C=O) groups excluding carboxylic acids is 2. The molecule has 11 nitrogen and oxygen atoms in total. The van der Waals surface area contributed by atoms with Gasteiger partial charge < -0.3 is 25.0 Å². The number of ether oxygens (including phenoxy) is 1. The van der Waals surface area contributed by atoms with E-state index in [1.165, 1.54) is 5.56 Å². The van der Waals surface area contributed by atoms with Crippen LogP contribution in [0.25, 0.3) is 5.65 Å². The molecule has 3 aromatic heterocycles. The smallest absolute Gasteiger partial charge is 0.269 e. The molecule has 2 aliphatic rings. The monoisotopic (exact) mass is 611 g/mol. The number of nitrogens with zero attached hydrogens (tertiary/aromatic N) is 6. The first-order valence-corrected chi connectivity index (χ1v) is 15.5. The van der Waals surface area contributed by atoms with Crippen LogP contribution in [0.4, 0.5) is 5.69 Å². The summed E-state index contributed by atoms with van der Waals surface area (Å²) in [6, 6.07) is 15.9. The van der Waals surface area contributed by atoms with Crippen LogP contribution in [0.1, 0.15) is 66.5 Å². The summed E-state index contributed by atoms with van der Waals surface area (Å²) >= 11 is 0. The largest absolute Gasteiger partial charge is 0.491 e. The quantitative estimate of drug-likeness (QED) is 0.294. The minimum Gasteiger partial charge on any atom is -0.491 e. The van der Waals surface area contributed by atoms with Crippen molar-refractivity contribution in [1.82, 2.24) is 29.8 Å². The topological polar surface area (TPSA) is 125 Å². The van der Waals surface area contributed by atoms with Crippen molar-refractivity contribution >= 4 is 23.1 Å². The number of amides is 2. The third-order valence-corrected chi connectivity index (χ3v) is 9.24. The van der Waals surface area contributed by atoms with Gasteiger partial charge in [0.15, 0.2) is 11.5 Å². The molecule has 2 saturated heterocycles. The van der Waals surface area contributed by atoms with Crippen LogP contribution in [-0.2, 0) is 10.4 Å². The highest BCUT2D eigenvalue weighted by Crippen LogP contribution is 2.42. The maximum atomic E-state index is 13.2. The summed E-state index contributed by atoms with van der Waals surface area (Å²) in [5, 5.41) is 18.8. The van der Waals surface area contributed by atoms with E-state index in [0.717, 1.165) is 37.2 Å². The fourth-order valence-corrected chi connectivity index (χ4v) is 6.53. The molecular weight excluding hydrogens is 570 g/mol. The zero-order chi connectivity index (χ0) is 31.8. The number of rotatable bonds is 9. The molecule has 2 N–H and O–H groups in total. The van der Waals surface area contributed by atoms with Crippen LogP contribution < -0.4 is 15.0 Å². The van der Waals surface area contributed by atoms with Crippen molar-refractivity contribution in [2.75, 3.05) is 44.7 Å². The molecule has 2 atom stereocenters. The standard InChI is InChI=1S/C34H41N7O4/c1-23-16-27(45-20-24(2)25-8-6-5-7-9-25)19-41-30(23)37-32(38-41)33(3,44)21-40-22-34(18-29(40)42)11-14-39(15-12-34)26-10-13-36-28(17-26)31(43)35-4/h5-10,13,16-17,19,24,44H,11-12,14-15,18,20-22H2,1-4H3,(H,35,43)/t24-,33?/m0/s1. The summed E-state index contributed by atoms with van der Waals surface area (Å²) in [6.45, 7) is 8.51. The van der Waals surface area contributed by atoms with E-state index in [1.807, 2.05) is 43.3 Å². The Morgan fingerprint density at radius 2 is 1.93 bits per heavy atom. The van der Waals surface area contributed by atoms with Crippen LogP contribution in [-0.4, -0.2) is 81.2 Å². The van der Waals surface area contributed by atoms with E-state index in [4.69, 9.17) is 4.74 Å².